The highest BCUT2D eigenvalue weighted by Crippen LogP contribution is 2.29. The van der Waals surface area contributed by atoms with E-state index >= 15 is 0 Å². The molecular formula is C15H14ClN3O3S. The van der Waals surface area contributed by atoms with Crippen LogP contribution in [0.5, 0.6) is 0 Å². The Kier molecular flexibility index (Phi) is 4.08. The van der Waals surface area contributed by atoms with E-state index in [4.69, 9.17) is 10.7 Å². The molecule has 2 heterocycles. The van der Waals surface area contributed by atoms with Crippen LogP contribution in [0.3, 0.4) is 0 Å². The third-order valence-electron chi connectivity index (χ3n) is 3.72. The van der Waals surface area contributed by atoms with E-state index in [9.17, 15) is 13.2 Å². The lowest BCUT2D eigenvalue weighted by Crippen LogP contribution is -2.26. The van der Waals surface area contributed by atoms with Crippen LogP contribution in [0, 0.1) is 6.92 Å². The van der Waals surface area contributed by atoms with Gasteiger partial charge < -0.3 is 4.90 Å². The third kappa shape index (κ3) is 3.35. The van der Waals surface area contributed by atoms with Crippen LogP contribution < -0.4 is 4.90 Å². The van der Waals surface area contributed by atoms with Gasteiger partial charge >= 0.3 is 0 Å². The van der Waals surface area contributed by atoms with Crippen LogP contribution in [0.25, 0.3) is 11.3 Å². The Morgan fingerprint density at radius 2 is 2.09 bits per heavy atom. The van der Waals surface area contributed by atoms with E-state index in [1.165, 1.54) is 4.90 Å². The first kappa shape index (κ1) is 15.9. The quantitative estimate of drug-likeness (QED) is 0.791. The van der Waals surface area contributed by atoms with Gasteiger partial charge in [0.05, 0.1) is 5.69 Å². The molecule has 120 valence electrons. The summed E-state index contributed by atoms with van der Waals surface area (Å²) in [6, 6.07) is 9.03. The van der Waals surface area contributed by atoms with Crippen LogP contribution in [0.1, 0.15) is 12.2 Å². The Morgan fingerprint density at radius 1 is 1.30 bits per heavy atom. The van der Waals surface area contributed by atoms with Crippen LogP contribution in [-0.2, 0) is 13.8 Å². The van der Waals surface area contributed by atoms with Gasteiger partial charge in [0.1, 0.15) is 11.1 Å². The lowest BCUT2D eigenvalue weighted by molar-refractivity contribution is -0.117. The first-order valence-electron chi connectivity index (χ1n) is 6.98. The van der Waals surface area contributed by atoms with E-state index in [0.717, 1.165) is 11.3 Å². The van der Waals surface area contributed by atoms with Crippen molar-refractivity contribution >= 4 is 31.3 Å². The average Bonchev–Trinajstić information content (AvgIpc) is 2.90. The zero-order valence-electron chi connectivity index (χ0n) is 12.3. The van der Waals surface area contributed by atoms with Crippen LogP contribution in [-0.4, -0.2) is 36.1 Å². The molecule has 1 aliphatic rings. The second-order valence-electron chi connectivity index (χ2n) is 5.35. The molecule has 3 rings (SSSR count). The number of hydrogen-bond acceptors (Lipinski definition) is 5. The van der Waals surface area contributed by atoms with Crippen LogP contribution in [0.4, 0.5) is 5.69 Å². The van der Waals surface area contributed by atoms with Gasteiger partial charge in [-0.05, 0) is 25.1 Å². The van der Waals surface area contributed by atoms with Gasteiger partial charge in [-0.2, -0.15) is 0 Å². The molecule has 0 bridgehead atoms. The Hall–Kier alpha value is -1.99. The molecule has 1 amide bonds. The number of carbonyl (C=O) groups is 1. The summed E-state index contributed by atoms with van der Waals surface area (Å²) >= 11 is 0. The maximum absolute atomic E-state index is 12.1. The summed E-state index contributed by atoms with van der Waals surface area (Å²) in [5, 5.41) is -0.874. The molecule has 0 saturated carbocycles. The number of halogens is 1. The Labute approximate surface area is 138 Å². The minimum atomic E-state index is -3.76. The number of aryl methyl sites for hydroxylation is 1. The van der Waals surface area contributed by atoms with E-state index in [-0.39, 0.29) is 18.9 Å². The normalized spacial score (nSPS) is 18.4. The van der Waals surface area contributed by atoms with Crippen molar-refractivity contribution in [1.29, 1.82) is 0 Å². The van der Waals surface area contributed by atoms with E-state index in [1.807, 2.05) is 12.1 Å². The summed E-state index contributed by atoms with van der Waals surface area (Å²) in [6.45, 7) is 1.87. The van der Waals surface area contributed by atoms with Gasteiger partial charge in [0, 0.05) is 41.1 Å². The number of anilines is 1. The maximum atomic E-state index is 12.1. The molecule has 2 aromatic rings. The number of rotatable bonds is 3. The van der Waals surface area contributed by atoms with Crippen molar-refractivity contribution < 1.29 is 13.2 Å². The predicted molar refractivity (Wildman–Crippen MR) is 87.7 cm³/mol. The van der Waals surface area contributed by atoms with Gasteiger partial charge in [-0.15, -0.1) is 0 Å². The topological polar surface area (TPSA) is 80.2 Å². The SMILES string of the molecule is Cc1nccc(-c2cccc(N3CC(S(=O)(=O)Cl)CC3=O)c2)n1. The third-order valence-corrected chi connectivity index (χ3v) is 5.59. The van der Waals surface area contributed by atoms with Gasteiger partial charge in [-0.1, -0.05) is 12.1 Å². The molecule has 1 aromatic heterocycles. The summed E-state index contributed by atoms with van der Waals surface area (Å²) in [5.41, 5.74) is 2.21. The number of nitrogens with zero attached hydrogens (tertiary/aromatic N) is 3. The molecule has 1 atom stereocenters. The Bertz CT molecular complexity index is 870. The summed E-state index contributed by atoms with van der Waals surface area (Å²) in [5.74, 6) is 0.397. The molecule has 0 radical (unpaired) electrons. The molecule has 1 saturated heterocycles. The minimum Gasteiger partial charge on any atom is -0.311 e. The zero-order chi connectivity index (χ0) is 16.6. The van der Waals surface area contributed by atoms with E-state index in [0.29, 0.717) is 11.5 Å². The fourth-order valence-corrected chi connectivity index (χ4v) is 3.59. The number of benzene rings is 1. The van der Waals surface area contributed by atoms with Crippen LogP contribution in [0.15, 0.2) is 36.5 Å². The lowest BCUT2D eigenvalue weighted by atomic mass is 10.1. The van der Waals surface area contributed by atoms with Crippen molar-refractivity contribution in [3.8, 4) is 11.3 Å². The maximum Gasteiger partial charge on any atom is 0.237 e. The van der Waals surface area contributed by atoms with Crippen molar-refractivity contribution in [2.45, 2.75) is 18.6 Å². The number of hydrogen-bond donors (Lipinski definition) is 0. The van der Waals surface area contributed by atoms with Crippen molar-refractivity contribution in [2.75, 3.05) is 11.4 Å². The number of amides is 1. The Balaban J connectivity index is 1.93. The molecule has 0 spiro atoms. The predicted octanol–water partition coefficient (Wildman–Crippen LogP) is 2.13. The fraction of sp³-hybridized carbons (Fsp3) is 0.267. The molecular weight excluding hydrogens is 338 g/mol. The highest BCUT2D eigenvalue weighted by atomic mass is 35.7. The average molecular weight is 352 g/mol. The van der Waals surface area contributed by atoms with E-state index in [1.54, 1.807) is 31.3 Å². The van der Waals surface area contributed by atoms with E-state index in [2.05, 4.69) is 9.97 Å². The van der Waals surface area contributed by atoms with Crippen LogP contribution in [0.2, 0.25) is 0 Å². The minimum absolute atomic E-state index is 0.0664. The van der Waals surface area contributed by atoms with Gasteiger partial charge in [-0.3, -0.25) is 4.79 Å². The summed E-state index contributed by atoms with van der Waals surface area (Å²) in [4.78, 5) is 22.0. The van der Waals surface area contributed by atoms with Gasteiger partial charge in [0.15, 0.2) is 0 Å². The summed E-state index contributed by atoms with van der Waals surface area (Å²) in [7, 11) is 1.62. The first-order valence-corrected chi connectivity index (χ1v) is 9.36. The molecule has 1 aromatic carbocycles. The molecule has 8 heteroatoms. The Morgan fingerprint density at radius 3 is 2.74 bits per heavy atom. The van der Waals surface area contributed by atoms with Gasteiger partial charge in [-0.25, -0.2) is 18.4 Å². The molecule has 1 aliphatic heterocycles. The summed E-state index contributed by atoms with van der Waals surface area (Å²) < 4.78 is 22.9. The second kappa shape index (κ2) is 5.90. The standard InChI is InChI=1S/C15H14ClN3O3S/c1-10-17-6-5-14(18-10)11-3-2-4-12(7-11)19-9-13(8-15(19)20)23(16,21)22/h2-7,13H,8-9H2,1H3. The van der Waals surface area contributed by atoms with Crippen molar-refractivity contribution in [2.24, 2.45) is 0 Å². The molecule has 1 fully saturated rings. The highest BCUT2D eigenvalue weighted by molar-refractivity contribution is 8.14. The second-order valence-corrected chi connectivity index (χ2v) is 8.25. The van der Waals surface area contributed by atoms with E-state index < -0.39 is 14.3 Å². The molecule has 23 heavy (non-hydrogen) atoms. The van der Waals surface area contributed by atoms with Crippen LogP contribution >= 0.6 is 10.7 Å². The number of aromatic nitrogens is 2. The molecule has 0 aliphatic carbocycles. The van der Waals surface area contributed by atoms with Crippen molar-refractivity contribution in [1.82, 2.24) is 9.97 Å². The molecule has 0 N–H and O–H groups in total. The highest BCUT2D eigenvalue weighted by Gasteiger charge is 2.38. The smallest absolute Gasteiger partial charge is 0.237 e. The van der Waals surface area contributed by atoms with Crippen molar-refractivity contribution in [3.63, 3.8) is 0 Å². The lowest BCUT2D eigenvalue weighted by Gasteiger charge is -2.17. The molecule has 6 nitrogen and oxygen atoms in total. The molecule has 1 unspecified atom stereocenters. The fourth-order valence-electron chi connectivity index (χ4n) is 2.56. The van der Waals surface area contributed by atoms with Crippen molar-refractivity contribution in [3.05, 3.63) is 42.4 Å². The first-order chi connectivity index (χ1) is 10.8. The summed E-state index contributed by atoms with van der Waals surface area (Å²) in [6.07, 6.45) is 1.57. The van der Waals surface area contributed by atoms with Gasteiger partial charge in [0.2, 0.25) is 15.0 Å². The monoisotopic (exact) mass is 351 g/mol. The number of carbonyl (C=O) groups excluding carboxylic acids is 1. The zero-order valence-corrected chi connectivity index (χ0v) is 13.9. The largest absolute Gasteiger partial charge is 0.311 e. The van der Waals surface area contributed by atoms with Gasteiger partial charge in [0.25, 0.3) is 0 Å².